The summed E-state index contributed by atoms with van der Waals surface area (Å²) in [6.45, 7) is 6.44. The molecule has 1 N–H and O–H groups in total. The van der Waals surface area contributed by atoms with Crippen LogP contribution in [0.1, 0.15) is 48.4 Å². The summed E-state index contributed by atoms with van der Waals surface area (Å²) >= 11 is 0. The highest BCUT2D eigenvalue weighted by atomic mass is 19.3. The van der Waals surface area contributed by atoms with Gasteiger partial charge in [0.15, 0.2) is 5.65 Å². The van der Waals surface area contributed by atoms with Crippen molar-refractivity contribution in [1.29, 1.82) is 0 Å². The zero-order valence-electron chi connectivity index (χ0n) is 13.3. The molecule has 126 valence electrons. The van der Waals surface area contributed by atoms with Crippen molar-refractivity contribution in [3.63, 3.8) is 0 Å². The number of hydrogen-bond donors (Lipinski definition) is 1. The van der Waals surface area contributed by atoms with Gasteiger partial charge in [0.25, 0.3) is 12.3 Å². The van der Waals surface area contributed by atoms with Crippen LogP contribution >= 0.6 is 0 Å². The van der Waals surface area contributed by atoms with Gasteiger partial charge in [-0.1, -0.05) is 0 Å². The number of nitrogens with zero attached hydrogens (tertiary/aromatic N) is 3. The molecule has 1 amide bonds. The topological polar surface area (TPSA) is 68.5 Å². The number of hydrogen-bond acceptors (Lipinski definition) is 4. The van der Waals surface area contributed by atoms with Crippen LogP contribution in [-0.2, 0) is 4.74 Å². The molecule has 2 aromatic heterocycles. The van der Waals surface area contributed by atoms with Gasteiger partial charge in [-0.25, -0.2) is 18.3 Å². The van der Waals surface area contributed by atoms with Crippen LogP contribution in [0.25, 0.3) is 5.65 Å². The molecule has 2 aromatic rings. The van der Waals surface area contributed by atoms with Crippen LogP contribution in [0, 0.1) is 6.92 Å². The van der Waals surface area contributed by atoms with Crippen LogP contribution in [0.15, 0.2) is 12.3 Å². The number of alkyl halides is 2. The van der Waals surface area contributed by atoms with Gasteiger partial charge in [-0.3, -0.25) is 4.79 Å². The molecule has 0 unspecified atom stereocenters. The Bertz CT molecular complexity index is 685. The number of ether oxygens (including phenoxy) is 1. The lowest BCUT2D eigenvalue weighted by Crippen LogP contribution is -2.25. The summed E-state index contributed by atoms with van der Waals surface area (Å²) in [5.41, 5.74) is 0.446. The van der Waals surface area contributed by atoms with Crippen molar-refractivity contribution >= 4 is 11.6 Å². The van der Waals surface area contributed by atoms with E-state index >= 15 is 0 Å². The van der Waals surface area contributed by atoms with Crippen molar-refractivity contribution < 1.29 is 18.3 Å². The average Bonchev–Trinajstić information content (AvgIpc) is 2.88. The quantitative estimate of drug-likeness (QED) is 0.794. The number of aryl methyl sites for hydroxylation is 1. The number of rotatable bonds is 7. The first-order valence-corrected chi connectivity index (χ1v) is 7.43. The number of fused-ring (bicyclic) bond motifs is 1. The molecule has 8 heteroatoms. The summed E-state index contributed by atoms with van der Waals surface area (Å²) < 4.78 is 32.5. The van der Waals surface area contributed by atoms with E-state index in [1.54, 1.807) is 6.92 Å². The molecule has 0 aliphatic rings. The van der Waals surface area contributed by atoms with Gasteiger partial charge in [-0.05, 0) is 33.3 Å². The Morgan fingerprint density at radius 3 is 2.83 bits per heavy atom. The Balaban J connectivity index is 2.09. The molecule has 23 heavy (non-hydrogen) atoms. The van der Waals surface area contributed by atoms with E-state index in [9.17, 15) is 13.6 Å². The summed E-state index contributed by atoms with van der Waals surface area (Å²) in [7, 11) is 0. The predicted octanol–water partition coefficient (Wildman–Crippen LogP) is 2.52. The Labute approximate surface area is 132 Å². The largest absolute Gasteiger partial charge is 0.379 e. The predicted molar refractivity (Wildman–Crippen MR) is 80.7 cm³/mol. The molecular formula is C15H20F2N4O2. The van der Waals surface area contributed by atoms with Crippen LogP contribution in [0.3, 0.4) is 0 Å². The lowest BCUT2D eigenvalue weighted by atomic mass is 10.3. The molecule has 2 rings (SSSR count). The Morgan fingerprint density at radius 2 is 2.17 bits per heavy atom. The van der Waals surface area contributed by atoms with Gasteiger partial charge in [-0.15, -0.1) is 0 Å². The van der Waals surface area contributed by atoms with E-state index in [0.29, 0.717) is 25.3 Å². The van der Waals surface area contributed by atoms with Crippen molar-refractivity contribution in [2.24, 2.45) is 0 Å². The number of carbonyl (C=O) groups excluding carboxylic acids is 1. The molecule has 0 spiro atoms. The minimum Gasteiger partial charge on any atom is -0.379 e. The molecule has 0 aliphatic heterocycles. The van der Waals surface area contributed by atoms with E-state index in [1.807, 2.05) is 13.8 Å². The molecule has 0 bridgehead atoms. The van der Waals surface area contributed by atoms with Gasteiger partial charge in [0, 0.05) is 18.8 Å². The molecule has 0 saturated carbocycles. The van der Waals surface area contributed by atoms with E-state index in [4.69, 9.17) is 4.74 Å². The van der Waals surface area contributed by atoms with E-state index in [1.165, 1.54) is 12.3 Å². The Morgan fingerprint density at radius 1 is 1.43 bits per heavy atom. The van der Waals surface area contributed by atoms with Crippen LogP contribution < -0.4 is 5.32 Å². The van der Waals surface area contributed by atoms with Crippen molar-refractivity contribution in [3.8, 4) is 0 Å². The summed E-state index contributed by atoms with van der Waals surface area (Å²) in [5.74, 6) is -0.386. The number of carbonyl (C=O) groups is 1. The second-order valence-electron chi connectivity index (χ2n) is 5.45. The van der Waals surface area contributed by atoms with Crippen LogP contribution in [0.4, 0.5) is 8.78 Å². The average molecular weight is 326 g/mol. The van der Waals surface area contributed by atoms with Crippen molar-refractivity contribution in [2.45, 2.75) is 39.7 Å². The highest BCUT2D eigenvalue weighted by Crippen LogP contribution is 2.21. The molecule has 0 atom stereocenters. The fourth-order valence-electron chi connectivity index (χ4n) is 2.12. The molecule has 0 radical (unpaired) electrons. The zero-order chi connectivity index (χ0) is 17.0. The lowest BCUT2D eigenvalue weighted by molar-refractivity contribution is 0.0757. The third kappa shape index (κ3) is 4.22. The van der Waals surface area contributed by atoms with Crippen molar-refractivity contribution in [1.82, 2.24) is 19.9 Å². The maximum atomic E-state index is 13.0. The van der Waals surface area contributed by atoms with Gasteiger partial charge in [0.05, 0.1) is 12.3 Å². The first-order valence-electron chi connectivity index (χ1n) is 7.43. The number of halogens is 2. The first kappa shape index (κ1) is 17.3. The Hall–Kier alpha value is -2.09. The van der Waals surface area contributed by atoms with E-state index < -0.39 is 6.43 Å². The number of aromatic nitrogens is 3. The smallest absolute Gasteiger partial charge is 0.280 e. The van der Waals surface area contributed by atoms with Crippen LogP contribution in [0.2, 0.25) is 0 Å². The van der Waals surface area contributed by atoms with Gasteiger partial charge < -0.3 is 10.1 Å². The van der Waals surface area contributed by atoms with Crippen molar-refractivity contribution in [3.05, 3.63) is 29.2 Å². The maximum absolute atomic E-state index is 13.0. The Kier molecular flexibility index (Phi) is 5.59. The molecule has 2 heterocycles. The summed E-state index contributed by atoms with van der Waals surface area (Å²) in [5, 5.41) is 6.58. The van der Waals surface area contributed by atoms with Gasteiger partial charge >= 0.3 is 0 Å². The van der Waals surface area contributed by atoms with Crippen LogP contribution in [0.5, 0.6) is 0 Å². The fourth-order valence-corrected chi connectivity index (χ4v) is 2.12. The van der Waals surface area contributed by atoms with E-state index in [0.717, 1.165) is 4.52 Å². The molecule has 0 aliphatic carbocycles. The highest BCUT2D eigenvalue weighted by molar-refractivity contribution is 5.99. The second-order valence-corrected chi connectivity index (χ2v) is 5.45. The van der Waals surface area contributed by atoms with Gasteiger partial charge in [0.2, 0.25) is 0 Å². The number of amides is 1. The normalized spacial score (nSPS) is 11.6. The first-order chi connectivity index (χ1) is 10.9. The van der Waals surface area contributed by atoms with Crippen molar-refractivity contribution in [2.75, 3.05) is 13.2 Å². The third-order valence-electron chi connectivity index (χ3n) is 3.15. The second kappa shape index (κ2) is 7.45. The maximum Gasteiger partial charge on any atom is 0.280 e. The lowest BCUT2D eigenvalue weighted by Gasteiger charge is -2.08. The summed E-state index contributed by atoms with van der Waals surface area (Å²) in [6.07, 6.45) is -0.626. The van der Waals surface area contributed by atoms with Crippen LogP contribution in [-0.4, -0.2) is 39.8 Å². The molecule has 0 fully saturated rings. The molecular weight excluding hydrogens is 306 g/mol. The summed E-state index contributed by atoms with van der Waals surface area (Å²) in [6, 6.07) is 1.26. The van der Waals surface area contributed by atoms with E-state index in [2.05, 4.69) is 15.4 Å². The minimum atomic E-state index is -2.69. The highest BCUT2D eigenvalue weighted by Gasteiger charge is 2.19. The molecule has 0 saturated heterocycles. The monoisotopic (exact) mass is 326 g/mol. The standard InChI is InChI=1S/C15H20F2N4O2/c1-9(2)23-6-4-5-18-15(22)11-8-19-21-12(13(16)17)7-10(3)20-14(11)21/h7-9,13H,4-6H2,1-3H3,(H,18,22). The molecule has 0 aromatic carbocycles. The summed E-state index contributed by atoms with van der Waals surface area (Å²) in [4.78, 5) is 16.3. The van der Waals surface area contributed by atoms with Gasteiger partial charge in [0.1, 0.15) is 11.3 Å². The third-order valence-corrected chi connectivity index (χ3v) is 3.15. The minimum absolute atomic E-state index is 0.135. The number of nitrogens with one attached hydrogen (secondary N) is 1. The zero-order valence-corrected chi connectivity index (χ0v) is 13.3. The fraction of sp³-hybridized carbons (Fsp3) is 0.533. The SMILES string of the molecule is Cc1cc(C(F)F)n2ncc(C(=O)NCCCOC(C)C)c2n1. The molecule has 6 nitrogen and oxygen atoms in total. The van der Waals surface area contributed by atoms with E-state index in [-0.39, 0.29) is 28.9 Å². The van der Waals surface area contributed by atoms with Gasteiger partial charge in [-0.2, -0.15) is 5.10 Å².